The molecule has 3 aromatic rings. The average molecular weight is 461 g/mol. The summed E-state index contributed by atoms with van der Waals surface area (Å²) in [6.07, 6.45) is 5.65. The van der Waals surface area contributed by atoms with Crippen LogP contribution < -0.4 is 10.1 Å². The molecule has 0 saturated heterocycles. The molecule has 0 aliphatic heterocycles. The second kappa shape index (κ2) is 8.97. The van der Waals surface area contributed by atoms with Crippen LogP contribution in [0.15, 0.2) is 41.0 Å². The van der Waals surface area contributed by atoms with Crippen molar-refractivity contribution in [3.8, 4) is 5.75 Å². The van der Waals surface area contributed by atoms with E-state index in [1.807, 2.05) is 13.0 Å². The number of aromatic nitrogens is 2. The number of rotatable bonds is 5. The molecular formula is C23H26F2N4O2S. The number of aryl methyl sites for hydroxylation is 1. The monoisotopic (exact) mass is 460 g/mol. The van der Waals surface area contributed by atoms with Gasteiger partial charge in [-0.15, -0.1) is 0 Å². The zero-order valence-corrected chi connectivity index (χ0v) is 19.1. The van der Waals surface area contributed by atoms with Crippen molar-refractivity contribution in [2.24, 2.45) is 4.36 Å². The van der Waals surface area contributed by atoms with Gasteiger partial charge < -0.3 is 10.1 Å². The van der Waals surface area contributed by atoms with Crippen molar-refractivity contribution >= 4 is 37.8 Å². The van der Waals surface area contributed by atoms with Crippen LogP contribution in [0.5, 0.6) is 5.75 Å². The topological polar surface area (TPSA) is 76.5 Å². The molecular weight excluding hydrogens is 434 g/mol. The molecule has 0 unspecified atom stereocenters. The Morgan fingerprint density at radius 1 is 1.16 bits per heavy atom. The van der Waals surface area contributed by atoms with Crippen molar-refractivity contribution in [1.29, 1.82) is 0 Å². The molecule has 0 bridgehead atoms. The maximum atomic E-state index is 14.3. The van der Waals surface area contributed by atoms with Crippen molar-refractivity contribution in [1.82, 2.24) is 9.97 Å². The second-order valence-electron chi connectivity index (χ2n) is 8.37. The van der Waals surface area contributed by atoms with Gasteiger partial charge in [-0.25, -0.2) is 23.0 Å². The zero-order chi connectivity index (χ0) is 22.9. The number of halogens is 2. The Morgan fingerprint density at radius 3 is 2.69 bits per heavy atom. The number of anilines is 2. The number of hydrogen-bond donors (Lipinski definition) is 1. The van der Waals surface area contributed by atoms with Crippen LogP contribution in [0.4, 0.5) is 26.0 Å². The number of ether oxygens (including phenoxy) is 1. The van der Waals surface area contributed by atoms with Gasteiger partial charge >= 0.3 is 0 Å². The van der Waals surface area contributed by atoms with Crippen LogP contribution in [0, 0.1) is 12.7 Å². The summed E-state index contributed by atoms with van der Waals surface area (Å²) in [6, 6.07) is 7.70. The first-order valence-electron chi connectivity index (χ1n) is 10.5. The standard InChI is InChI=1S/C23H26F2N4O2S/c1-14-10-16(29-32(2,3)30)12-19-22(14)23(27-13-26-19)28-18-9-8-15(24)11-21(18)31-20-7-5-4-6-17(20)25/h8-13,17,20H,4-7H2,1-3H3,(H,26,27,28)/t17-,20-/m1/s1. The first-order chi connectivity index (χ1) is 15.2. The lowest BCUT2D eigenvalue weighted by molar-refractivity contribution is 0.0641. The van der Waals surface area contributed by atoms with Crippen LogP contribution in [0.3, 0.4) is 0 Å². The molecule has 32 heavy (non-hydrogen) atoms. The quantitative estimate of drug-likeness (QED) is 0.518. The van der Waals surface area contributed by atoms with Crippen LogP contribution >= 0.6 is 0 Å². The highest BCUT2D eigenvalue weighted by molar-refractivity contribution is 7.92. The number of alkyl halides is 1. The van der Waals surface area contributed by atoms with Crippen LogP contribution in [-0.2, 0) is 9.73 Å². The molecule has 0 radical (unpaired) electrons. The molecule has 2 atom stereocenters. The number of nitrogens with one attached hydrogen (secondary N) is 1. The Hall–Kier alpha value is -2.81. The van der Waals surface area contributed by atoms with E-state index in [1.54, 1.807) is 24.6 Å². The molecule has 4 rings (SSSR count). The van der Waals surface area contributed by atoms with Gasteiger partial charge in [0.05, 0.1) is 16.9 Å². The van der Waals surface area contributed by atoms with Crippen molar-refractivity contribution < 1.29 is 17.7 Å². The maximum Gasteiger partial charge on any atom is 0.146 e. The molecule has 1 heterocycles. The minimum Gasteiger partial charge on any atom is -0.485 e. The lowest BCUT2D eigenvalue weighted by Gasteiger charge is -2.27. The van der Waals surface area contributed by atoms with E-state index in [9.17, 15) is 13.0 Å². The highest BCUT2D eigenvalue weighted by Gasteiger charge is 2.27. The van der Waals surface area contributed by atoms with Gasteiger partial charge in [-0.3, -0.25) is 0 Å². The Balaban J connectivity index is 1.71. The van der Waals surface area contributed by atoms with Crippen molar-refractivity contribution in [3.63, 3.8) is 0 Å². The second-order valence-corrected chi connectivity index (χ2v) is 10.9. The number of nitrogens with zero attached hydrogens (tertiary/aromatic N) is 3. The van der Waals surface area contributed by atoms with E-state index in [0.717, 1.165) is 23.8 Å². The predicted octanol–water partition coefficient (Wildman–Crippen LogP) is 5.84. The van der Waals surface area contributed by atoms with Crippen LogP contribution in [0.25, 0.3) is 10.9 Å². The Labute approximate surface area is 186 Å². The molecule has 0 spiro atoms. The predicted molar refractivity (Wildman–Crippen MR) is 124 cm³/mol. The minimum atomic E-state index is -2.32. The fourth-order valence-corrected chi connectivity index (χ4v) is 4.56. The summed E-state index contributed by atoms with van der Waals surface area (Å²) in [6.45, 7) is 1.89. The summed E-state index contributed by atoms with van der Waals surface area (Å²) in [5.41, 5.74) is 2.54. The first kappa shape index (κ1) is 22.4. The molecule has 1 N–H and O–H groups in total. The number of benzene rings is 2. The molecule has 170 valence electrons. The van der Waals surface area contributed by atoms with Gasteiger partial charge in [0.25, 0.3) is 0 Å². The fourth-order valence-electron chi connectivity index (χ4n) is 3.95. The van der Waals surface area contributed by atoms with Crippen LogP contribution in [-0.4, -0.2) is 39.0 Å². The third-order valence-electron chi connectivity index (χ3n) is 5.34. The van der Waals surface area contributed by atoms with Gasteiger partial charge in [0, 0.05) is 33.7 Å². The summed E-state index contributed by atoms with van der Waals surface area (Å²) in [4.78, 5) is 8.69. The molecule has 1 aliphatic rings. The van der Waals surface area contributed by atoms with Gasteiger partial charge in [-0.2, -0.15) is 4.36 Å². The van der Waals surface area contributed by atoms with Crippen molar-refractivity contribution in [2.75, 3.05) is 17.8 Å². The van der Waals surface area contributed by atoms with E-state index < -0.39 is 27.8 Å². The first-order valence-corrected chi connectivity index (χ1v) is 12.8. The molecule has 0 amide bonds. The molecule has 1 saturated carbocycles. The van der Waals surface area contributed by atoms with Gasteiger partial charge in [-0.05, 0) is 56.0 Å². The molecule has 1 aromatic heterocycles. The van der Waals surface area contributed by atoms with E-state index in [1.165, 1.54) is 18.5 Å². The Kier molecular flexibility index (Phi) is 6.28. The highest BCUT2D eigenvalue weighted by atomic mass is 32.2. The van der Waals surface area contributed by atoms with E-state index >= 15 is 0 Å². The smallest absolute Gasteiger partial charge is 0.146 e. The molecule has 1 aliphatic carbocycles. The van der Waals surface area contributed by atoms with Gasteiger partial charge in [0.15, 0.2) is 0 Å². The SMILES string of the molecule is Cc1cc(N=S(C)(C)=O)cc2ncnc(Nc3ccc(F)cc3O[C@@H]3CCCC[C@H]3F)c12. The maximum absolute atomic E-state index is 14.3. The molecule has 6 nitrogen and oxygen atoms in total. The largest absolute Gasteiger partial charge is 0.485 e. The van der Waals surface area contributed by atoms with Crippen LogP contribution in [0.2, 0.25) is 0 Å². The van der Waals surface area contributed by atoms with Crippen LogP contribution in [0.1, 0.15) is 31.2 Å². The molecule has 2 aromatic carbocycles. The highest BCUT2D eigenvalue weighted by Crippen LogP contribution is 2.35. The van der Waals surface area contributed by atoms with Gasteiger partial charge in [0.1, 0.15) is 36.0 Å². The zero-order valence-electron chi connectivity index (χ0n) is 18.3. The lowest BCUT2D eigenvalue weighted by atomic mass is 9.96. The fraction of sp³-hybridized carbons (Fsp3) is 0.391. The van der Waals surface area contributed by atoms with Crippen molar-refractivity contribution in [2.45, 2.75) is 44.9 Å². The average Bonchev–Trinajstić information content (AvgIpc) is 2.70. The Bertz CT molecular complexity index is 1270. The van der Waals surface area contributed by atoms with Gasteiger partial charge in [-0.1, -0.05) is 6.42 Å². The number of fused-ring (bicyclic) bond motifs is 1. The summed E-state index contributed by atoms with van der Waals surface area (Å²) in [5.74, 6) is 0.284. The number of hydrogen-bond acceptors (Lipinski definition) is 6. The normalized spacial score (nSPS) is 19.0. The van der Waals surface area contributed by atoms with E-state index in [-0.39, 0.29) is 5.75 Å². The third kappa shape index (κ3) is 5.15. The minimum absolute atomic E-state index is 0.243. The lowest BCUT2D eigenvalue weighted by Crippen LogP contribution is -2.31. The molecule has 1 fully saturated rings. The molecule has 9 heteroatoms. The summed E-state index contributed by atoms with van der Waals surface area (Å²) < 4.78 is 50.5. The summed E-state index contributed by atoms with van der Waals surface area (Å²) in [7, 11) is -2.32. The van der Waals surface area contributed by atoms with E-state index in [2.05, 4.69) is 19.6 Å². The van der Waals surface area contributed by atoms with E-state index in [4.69, 9.17) is 4.74 Å². The Morgan fingerprint density at radius 2 is 1.94 bits per heavy atom. The summed E-state index contributed by atoms with van der Waals surface area (Å²) in [5, 5.41) is 3.95. The van der Waals surface area contributed by atoms with E-state index in [0.29, 0.717) is 35.6 Å². The van der Waals surface area contributed by atoms with Crippen molar-refractivity contribution in [3.05, 3.63) is 48.0 Å². The van der Waals surface area contributed by atoms with Gasteiger partial charge in [0.2, 0.25) is 0 Å². The third-order valence-corrected chi connectivity index (χ3v) is 5.99. The summed E-state index contributed by atoms with van der Waals surface area (Å²) >= 11 is 0.